The van der Waals surface area contributed by atoms with Gasteiger partial charge < -0.3 is 20.4 Å². The number of aromatic nitrogens is 4. The van der Waals surface area contributed by atoms with Gasteiger partial charge in [0.2, 0.25) is 5.95 Å². The lowest BCUT2D eigenvalue weighted by Gasteiger charge is -2.09. The number of nitrogen functional groups attached to an aromatic ring is 1. The second kappa shape index (κ2) is 5.35. The van der Waals surface area contributed by atoms with Gasteiger partial charge in [-0.15, -0.1) is 0 Å². The molecule has 0 saturated heterocycles. The van der Waals surface area contributed by atoms with Gasteiger partial charge in [-0.3, -0.25) is 10.1 Å². The van der Waals surface area contributed by atoms with Crippen LogP contribution in [0.15, 0.2) is 18.5 Å². The third-order valence-electron chi connectivity index (χ3n) is 2.97. The quantitative estimate of drug-likeness (QED) is 0.584. The first-order valence-electron chi connectivity index (χ1n) is 6.51. The zero-order chi connectivity index (χ0) is 15.7. The number of imidazole rings is 2. The smallest absolute Gasteiger partial charge is 0.260 e. The standard InChI is InChI=1S/C13H13FN6O2/c1-2-22-7-5-6(11(21)20-13-16-3-4-17-13)9-10(8(7)14)19-12(15)18-9/h3-5H,2H2,1H3,(H3,15,18,19)(H2,16,17,20,21). The van der Waals surface area contributed by atoms with E-state index in [0.717, 1.165) is 0 Å². The van der Waals surface area contributed by atoms with E-state index < -0.39 is 11.7 Å². The fourth-order valence-corrected chi connectivity index (χ4v) is 2.08. The number of nitrogens with zero attached hydrogens (tertiary/aromatic N) is 2. The second-order valence-electron chi connectivity index (χ2n) is 4.41. The Balaban J connectivity index is 2.10. The molecular weight excluding hydrogens is 291 g/mol. The molecule has 0 aliphatic rings. The van der Waals surface area contributed by atoms with E-state index in [0.29, 0.717) is 0 Å². The van der Waals surface area contributed by atoms with Crippen LogP contribution in [0.25, 0.3) is 11.0 Å². The minimum absolute atomic E-state index is 0.00889. The molecule has 1 amide bonds. The van der Waals surface area contributed by atoms with E-state index in [9.17, 15) is 9.18 Å². The Hall–Kier alpha value is -3.10. The normalized spacial score (nSPS) is 10.8. The molecule has 2 heterocycles. The number of carbonyl (C=O) groups excluding carboxylic acids is 1. The summed E-state index contributed by atoms with van der Waals surface area (Å²) < 4.78 is 19.5. The summed E-state index contributed by atoms with van der Waals surface area (Å²) >= 11 is 0. The van der Waals surface area contributed by atoms with Crippen molar-refractivity contribution in [1.82, 2.24) is 19.9 Å². The number of H-pyrrole nitrogens is 2. The maximum Gasteiger partial charge on any atom is 0.260 e. The first-order chi connectivity index (χ1) is 10.6. The summed E-state index contributed by atoms with van der Waals surface area (Å²) in [6.45, 7) is 1.96. The SMILES string of the molecule is CCOc1cc(C(=O)Nc2ncc[nH]2)c2[nH]c(N)nc2c1F. The molecule has 0 bridgehead atoms. The zero-order valence-electron chi connectivity index (χ0n) is 11.6. The summed E-state index contributed by atoms with van der Waals surface area (Å²) in [6, 6.07) is 1.30. The predicted molar refractivity (Wildman–Crippen MR) is 78.2 cm³/mol. The lowest BCUT2D eigenvalue weighted by Crippen LogP contribution is -2.14. The van der Waals surface area contributed by atoms with Crippen molar-refractivity contribution in [2.45, 2.75) is 6.92 Å². The molecule has 9 heteroatoms. The zero-order valence-corrected chi connectivity index (χ0v) is 11.6. The molecule has 22 heavy (non-hydrogen) atoms. The Morgan fingerprint density at radius 1 is 1.55 bits per heavy atom. The molecule has 8 nitrogen and oxygen atoms in total. The predicted octanol–water partition coefficient (Wildman–Crippen LogP) is 1.66. The van der Waals surface area contributed by atoms with E-state index in [1.165, 1.54) is 12.3 Å². The van der Waals surface area contributed by atoms with Crippen LogP contribution in [0.5, 0.6) is 5.75 Å². The van der Waals surface area contributed by atoms with Crippen molar-refractivity contribution < 1.29 is 13.9 Å². The third kappa shape index (κ3) is 2.32. The molecule has 0 radical (unpaired) electrons. The summed E-state index contributed by atoms with van der Waals surface area (Å²) in [5, 5.41) is 2.56. The fourth-order valence-electron chi connectivity index (χ4n) is 2.08. The minimum atomic E-state index is -0.667. The highest BCUT2D eigenvalue weighted by atomic mass is 19.1. The van der Waals surface area contributed by atoms with E-state index in [2.05, 4.69) is 25.3 Å². The minimum Gasteiger partial charge on any atom is -0.491 e. The summed E-state index contributed by atoms with van der Waals surface area (Å²) in [5.74, 6) is -0.947. The second-order valence-corrected chi connectivity index (χ2v) is 4.41. The van der Waals surface area contributed by atoms with Crippen molar-refractivity contribution in [3.05, 3.63) is 29.8 Å². The van der Waals surface area contributed by atoms with Gasteiger partial charge in [0, 0.05) is 12.4 Å². The van der Waals surface area contributed by atoms with Crippen LogP contribution in [0.4, 0.5) is 16.3 Å². The van der Waals surface area contributed by atoms with E-state index >= 15 is 0 Å². The molecule has 0 fully saturated rings. The van der Waals surface area contributed by atoms with Crippen LogP contribution in [0.1, 0.15) is 17.3 Å². The summed E-state index contributed by atoms with van der Waals surface area (Å²) in [5.41, 5.74) is 5.87. The molecule has 0 atom stereocenters. The van der Waals surface area contributed by atoms with Gasteiger partial charge in [-0.25, -0.2) is 14.4 Å². The van der Waals surface area contributed by atoms with E-state index in [4.69, 9.17) is 10.5 Å². The number of ether oxygens (including phenoxy) is 1. The van der Waals surface area contributed by atoms with Crippen molar-refractivity contribution in [3.63, 3.8) is 0 Å². The number of carbonyl (C=O) groups is 1. The van der Waals surface area contributed by atoms with Gasteiger partial charge in [0.25, 0.3) is 5.91 Å². The maximum atomic E-state index is 14.3. The first-order valence-corrected chi connectivity index (χ1v) is 6.51. The van der Waals surface area contributed by atoms with E-state index in [-0.39, 0.29) is 40.8 Å². The van der Waals surface area contributed by atoms with Crippen molar-refractivity contribution in [2.75, 3.05) is 17.7 Å². The molecule has 114 valence electrons. The Labute approximate surface area is 123 Å². The van der Waals surface area contributed by atoms with Crippen molar-refractivity contribution in [2.24, 2.45) is 0 Å². The van der Waals surface area contributed by atoms with Crippen LogP contribution in [-0.4, -0.2) is 32.4 Å². The van der Waals surface area contributed by atoms with Crippen LogP contribution in [0.3, 0.4) is 0 Å². The first kappa shape index (κ1) is 13.9. The van der Waals surface area contributed by atoms with Gasteiger partial charge in [-0.2, -0.15) is 0 Å². The topological polar surface area (TPSA) is 122 Å². The highest BCUT2D eigenvalue weighted by Gasteiger charge is 2.21. The van der Waals surface area contributed by atoms with Gasteiger partial charge in [0.1, 0.15) is 5.52 Å². The van der Waals surface area contributed by atoms with Crippen molar-refractivity contribution >= 4 is 28.8 Å². The average Bonchev–Trinajstić information content (AvgIpc) is 3.11. The molecule has 5 N–H and O–H groups in total. The number of aromatic amines is 2. The van der Waals surface area contributed by atoms with Crippen LogP contribution < -0.4 is 15.8 Å². The summed E-state index contributed by atoms with van der Waals surface area (Å²) in [4.78, 5) is 25.5. The van der Waals surface area contributed by atoms with Crippen molar-refractivity contribution in [1.29, 1.82) is 0 Å². The summed E-state index contributed by atoms with van der Waals surface area (Å²) in [6.07, 6.45) is 3.06. The van der Waals surface area contributed by atoms with Gasteiger partial charge in [-0.1, -0.05) is 0 Å². The van der Waals surface area contributed by atoms with Crippen LogP contribution in [0, 0.1) is 5.82 Å². The largest absolute Gasteiger partial charge is 0.491 e. The Morgan fingerprint density at radius 3 is 3.05 bits per heavy atom. The number of rotatable bonds is 4. The molecule has 3 rings (SSSR count). The number of fused-ring (bicyclic) bond motifs is 1. The molecule has 3 aromatic rings. The highest BCUT2D eigenvalue weighted by Crippen LogP contribution is 2.29. The highest BCUT2D eigenvalue weighted by molar-refractivity contribution is 6.11. The molecular formula is C13H13FN6O2. The number of anilines is 2. The van der Waals surface area contributed by atoms with Crippen LogP contribution in [0.2, 0.25) is 0 Å². The third-order valence-corrected chi connectivity index (χ3v) is 2.97. The number of amides is 1. The number of hydrogen-bond donors (Lipinski definition) is 4. The Morgan fingerprint density at radius 2 is 2.36 bits per heavy atom. The fraction of sp³-hybridized carbons (Fsp3) is 0.154. The Kier molecular flexibility index (Phi) is 3.37. The van der Waals surface area contributed by atoms with Crippen molar-refractivity contribution in [3.8, 4) is 5.75 Å². The molecule has 0 aliphatic carbocycles. The average molecular weight is 304 g/mol. The lowest BCUT2D eigenvalue weighted by atomic mass is 10.1. The molecule has 0 aliphatic heterocycles. The van der Waals surface area contributed by atoms with Crippen LogP contribution >= 0.6 is 0 Å². The molecule has 0 unspecified atom stereocenters. The summed E-state index contributed by atoms with van der Waals surface area (Å²) in [7, 11) is 0. The molecule has 2 aromatic heterocycles. The Bertz CT molecular complexity index is 827. The van der Waals surface area contributed by atoms with Gasteiger partial charge in [0.05, 0.1) is 17.7 Å². The lowest BCUT2D eigenvalue weighted by molar-refractivity contribution is 0.102. The molecule has 1 aromatic carbocycles. The monoisotopic (exact) mass is 304 g/mol. The van der Waals surface area contributed by atoms with Gasteiger partial charge >= 0.3 is 0 Å². The number of hydrogen-bond acceptors (Lipinski definition) is 5. The number of halogens is 1. The van der Waals surface area contributed by atoms with E-state index in [1.807, 2.05) is 0 Å². The molecule has 0 saturated carbocycles. The number of nitrogens with two attached hydrogens (primary N) is 1. The number of nitrogens with one attached hydrogen (secondary N) is 3. The van der Waals surface area contributed by atoms with Crippen LogP contribution in [-0.2, 0) is 0 Å². The van der Waals surface area contributed by atoms with Gasteiger partial charge in [-0.05, 0) is 13.0 Å². The van der Waals surface area contributed by atoms with E-state index in [1.54, 1.807) is 13.1 Å². The molecule has 0 spiro atoms. The van der Waals surface area contributed by atoms with Gasteiger partial charge in [0.15, 0.2) is 17.5 Å². The maximum absolute atomic E-state index is 14.3. The number of benzene rings is 1.